The lowest BCUT2D eigenvalue weighted by Crippen LogP contribution is -2.39. The molecule has 0 radical (unpaired) electrons. The fourth-order valence-electron chi connectivity index (χ4n) is 3.52. The molecular formula is C21H31N5O2. The minimum atomic E-state index is -0.0643. The average molecular weight is 386 g/mol. The van der Waals surface area contributed by atoms with Gasteiger partial charge in [0, 0.05) is 20.2 Å². The molecular weight excluding hydrogens is 354 g/mol. The summed E-state index contributed by atoms with van der Waals surface area (Å²) in [6.45, 7) is 3.37. The van der Waals surface area contributed by atoms with Gasteiger partial charge in [-0.2, -0.15) is 5.10 Å². The van der Waals surface area contributed by atoms with E-state index in [0.29, 0.717) is 19.3 Å². The van der Waals surface area contributed by atoms with Crippen molar-refractivity contribution in [2.45, 2.75) is 57.6 Å². The molecule has 2 aromatic rings. The molecule has 1 atom stereocenters. The van der Waals surface area contributed by atoms with Crippen LogP contribution in [0.1, 0.15) is 57.1 Å². The molecule has 0 aliphatic heterocycles. The molecule has 1 unspecified atom stereocenters. The standard InChI is InChI=1S/C21H31N5O2/c1-17(18-9-11-19(12-10-18)26-16-22-15-24-26)25(2)21(27)23-13-6-14-28-20-7-4-3-5-8-20/h9-12,15-17,20H,3-8,13-14H2,1-2H3,(H,23,27). The average Bonchev–Trinajstić information content (AvgIpc) is 3.28. The van der Waals surface area contributed by atoms with Gasteiger partial charge in [-0.1, -0.05) is 31.4 Å². The Bertz CT molecular complexity index is 711. The van der Waals surface area contributed by atoms with Gasteiger partial charge in [0.2, 0.25) is 0 Å². The van der Waals surface area contributed by atoms with Gasteiger partial charge in [0.25, 0.3) is 0 Å². The molecule has 0 spiro atoms. The largest absolute Gasteiger partial charge is 0.378 e. The number of urea groups is 1. The number of ether oxygens (including phenoxy) is 1. The van der Waals surface area contributed by atoms with Crippen LogP contribution in [0.5, 0.6) is 0 Å². The summed E-state index contributed by atoms with van der Waals surface area (Å²) in [5.41, 5.74) is 2.01. The summed E-state index contributed by atoms with van der Waals surface area (Å²) in [7, 11) is 1.82. The maximum absolute atomic E-state index is 12.4. The first-order valence-corrected chi connectivity index (χ1v) is 10.2. The first-order valence-electron chi connectivity index (χ1n) is 10.2. The van der Waals surface area contributed by atoms with Gasteiger partial charge < -0.3 is 15.0 Å². The van der Waals surface area contributed by atoms with E-state index in [9.17, 15) is 4.79 Å². The summed E-state index contributed by atoms with van der Waals surface area (Å²) in [5, 5.41) is 7.11. The molecule has 1 heterocycles. The van der Waals surface area contributed by atoms with Crippen molar-refractivity contribution in [1.29, 1.82) is 0 Å². The van der Waals surface area contributed by atoms with Crippen LogP contribution in [0, 0.1) is 0 Å². The van der Waals surface area contributed by atoms with Gasteiger partial charge in [-0.05, 0) is 43.9 Å². The minimum absolute atomic E-state index is 0.0247. The predicted octanol–water partition coefficient (Wildman–Crippen LogP) is 3.71. The number of nitrogens with zero attached hydrogens (tertiary/aromatic N) is 4. The number of carbonyl (C=O) groups excluding carboxylic acids is 1. The molecule has 0 bridgehead atoms. The van der Waals surface area contributed by atoms with Gasteiger partial charge in [-0.3, -0.25) is 0 Å². The van der Waals surface area contributed by atoms with Crippen molar-refractivity contribution in [3.63, 3.8) is 0 Å². The first kappa shape index (κ1) is 20.3. The van der Waals surface area contributed by atoms with Gasteiger partial charge in [0.1, 0.15) is 12.7 Å². The third kappa shape index (κ3) is 5.55. The zero-order chi connectivity index (χ0) is 19.8. The fraction of sp³-hybridized carbons (Fsp3) is 0.571. The van der Waals surface area contributed by atoms with Gasteiger partial charge in [0.05, 0.1) is 17.8 Å². The summed E-state index contributed by atoms with van der Waals surface area (Å²) in [5.74, 6) is 0. The number of hydrogen-bond donors (Lipinski definition) is 1. The van der Waals surface area contributed by atoms with Crippen molar-refractivity contribution in [3.8, 4) is 5.69 Å². The molecule has 28 heavy (non-hydrogen) atoms. The van der Waals surface area contributed by atoms with Crippen LogP contribution < -0.4 is 5.32 Å². The number of aromatic nitrogens is 3. The van der Waals surface area contributed by atoms with Crippen molar-refractivity contribution < 1.29 is 9.53 Å². The van der Waals surface area contributed by atoms with Gasteiger partial charge in [-0.15, -0.1) is 0 Å². The summed E-state index contributed by atoms with van der Waals surface area (Å²) in [4.78, 5) is 18.1. The van der Waals surface area contributed by atoms with E-state index in [2.05, 4.69) is 15.4 Å². The van der Waals surface area contributed by atoms with Crippen LogP contribution in [0.2, 0.25) is 0 Å². The summed E-state index contributed by atoms with van der Waals surface area (Å²) in [6.07, 6.45) is 10.7. The van der Waals surface area contributed by atoms with Crippen LogP contribution in [-0.2, 0) is 4.74 Å². The monoisotopic (exact) mass is 385 g/mol. The first-order chi connectivity index (χ1) is 13.6. The lowest BCUT2D eigenvalue weighted by Gasteiger charge is -2.26. The Hall–Kier alpha value is -2.41. The minimum Gasteiger partial charge on any atom is -0.378 e. The number of hydrogen-bond acceptors (Lipinski definition) is 4. The van der Waals surface area contributed by atoms with Crippen molar-refractivity contribution in [1.82, 2.24) is 25.0 Å². The number of nitrogens with one attached hydrogen (secondary N) is 1. The Morgan fingerprint density at radius 1 is 1.29 bits per heavy atom. The maximum atomic E-state index is 12.4. The van der Waals surface area contributed by atoms with E-state index in [4.69, 9.17) is 4.74 Å². The molecule has 1 saturated carbocycles. The van der Waals surface area contributed by atoms with E-state index < -0.39 is 0 Å². The topological polar surface area (TPSA) is 72.3 Å². The molecule has 152 valence electrons. The second-order valence-corrected chi connectivity index (χ2v) is 7.43. The third-order valence-electron chi connectivity index (χ3n) is 5.46. The highest BCUT2D eigenvalue weighted by Gasteiger charge is 2.17. The number of carbonyl (C=O) groups is 1. The smallest absolute Gasteiger partial charge is 0.317 e. The Labute approximate surface area is 167 Å². The highest BCUT2D eigenvalue weighted by molar-refractivity contribution is 5.74. The van der Waals surface area contributed by atoms with E-state index in [1.54, 1.807) is 15.9 Å². The van der Waals surface area contributed by atoms with Gasteiger partial charge in [0.15, 0.2) is 0 Å². The summed E-state index contributed by atoms with van der Waals surface area (Å²) < 4.78 is 7.62. The van der Waals surface area contributed by atoms with Crippen LogP contribution in [0.3, 0.4) is 0 Å². The SMILES string of the molecule is CC(c1ccc(-n2cncn2)cc1)N(C)C(=O)NCCCOC1CCCCC1. The van der Waals surface area contributed by atoms with E-state index in [1.165, 1.54) is 38.4 Å². The Morgan fingerprint density at radius 2 is 2.04 bits per heavy atom. The van der Waals surface area contributed by atoms with Crippen LogP contribution in [0.25, 0.3) is 5.69 Å². The van der Waals surface area contributed by atoms with Gasteiger partial charge >= 0.3 is 6.03 Å². The molecule has 1 aromatic carbocycles. The number of rotatable bonds is 8. The predicted molar refractivity (Wildman–Crippen MR) is 108 cm³/mol. The molecule has 2 amide bonds. The normalized spacial score (nSPS) is 15.9. The molecule has 0 saturated heterocycles. The van der Waals surface area contributed by atoms with Crippen molar-refractivity contribution in [2.24, 2.45) is 0 Å². The Kier molecular flexibility index (Phi) is 7.42. The van der Waals surface area contributed by atoms with E-state index >= 15 is 0 Å². The highest BCUT2D eigenvalue weighted by atomic mass is 16.5. The number of benzene rings is 1. The van der Waals surface area contributed by atoms with Crippen molar-refractivity contribution >= 4 is 6.03 Å². The van der Waals surface area contributed by atoms with Crippen LogP contribution >= 0.6 is 0 Å². The van der Waals surface area contributed by atoms with Crippen LogP contribution in [0.15, 0.2) is 36.9 Å². The van der Waals surface area contributed by atoms with E-state index in [0.717, 1.165) is 17.7 Å². The zero-order valence-electron chi connectivity index (χ0n) is 16.9. The molecule has 1 N–H and O–H groups in total. The molecule has 1 aromatic heterocycles. The Morgan fingerprint density at radius 3 is 2.71 bits per heavy atom. The molecule has 1 aliphatic rings. The van der Waals surface area contributed by atoms with Gasteiger partial charge in [-0.25, -0.2) is 14.5 Å². The molecule has 1 fully saturated rings. The van der Waals surface area contributed by atoms with Crippen LogP contribution in [-0.4, -0.2) is 52.0 Å². The van der Waals surface area contributed by atoms with Crippen molar-refractivity contribution in [3.05, 3.63) is 42.5 Å². The van der Waals surface area contributed by atoms with Crippen molar-refractivity contribution in [2.75, 3.05) is 20.2 Å². The highest BCUT2D eigenvalue weighted by Crippen LogP contribution is 2.21. The quantitative estimate of drug-likeness (QED) is 0.703. The molecule has 3 rings (SSSR count). The second kappa shape index (κ2) is 10.2. The fourth-order valence-corrected chi connectivity index (χ4v) is 3.52. The maximum Gasteiger partial charge on any atom is 0.317 e. The molecule has 1 aliphatic carbocycles. The molecule has 7 heteroatoms. The van der Waals surface area contributed by atoms with Crippen LogP contribution in [0.4, 0.5) is 4.79 Å². The zero-order valence-corrected chi connectivity index (χ0v) is 16.9. The molecule has 7 nitrogen and oxygen atoms in total. The number of amides is 2. The lowest BCUT2D eigenvalue weighted by molar-refractivity contribution is 0.0274. The Balaban J connectivity index is 1.39. The summed E-state index contributed by atoms with van der Waals surface area (Å²) in [6, 6.07) is 7.91. The second-order valence-electron chi connectivity index (χ2n) is 7.43. The summed E-state index contributed by atoms with van der Waals surface area (Å²) >= 11 is 0. The van der Waals surface area contributed by atoms with E-state index in [-0.39, 0.29) is 12.1 Å². The lowest BCUT2D eigenvalue weighted by atomic mass is 9.98. The third-order valence-corrected chi connectivity index (χ3v) is 5.46. The van der Waals surface area contributed by atoms with E-state index in [1.807, 2.05) is 38.2 Å².